The van der Waals surface area contributed by atoms with Gasteiger partial charge in [0.2, 0.25) is 0 Å². The minimum Gasteiger partial charge on any atom is -0.496 e. The Balaban J connectivity index is 2.51. The summed E-state index contributed by atoms with van der Waals surface area (Å²) in [5.74, 6) is -0.193. The number of nitrogens with two attached hydrogens (primary N) is 2. The highest BCUT2D eigenvalue weighted by molar-refractivity contribution is 6.10. The summed E-state index contributed by atoms with van der Waals surface area (Å²) in [6.07, 6.45) is 1.02. The van der Waals surface area contributed by atoms with Gasteiger partial charge < -0.3 is 16.2 Å². The van der Waals surface area contributed by atoms with Crippen LogP contribution in [0.15, 0.2) is 24.5 Å². The molecule has 0 saturated carbocycles. The zero-order valence-electron chi connectivity index (χ0n) is 14.5. The Hall–Kier alpha value is -3.16. The summed E-state index contributed by atoms with van der Waals surface area (Å²) < 4.78 is 32.7. The molecule has 3 aromatic rings. The highest BCUT2D eigenvalue weighted by Crippen LogP contribution is 2.42. The Kier molecular flexibility index (Phi) is 4.27. The number of alkyl halides is 2. The van der Waals surface area contributed by atoms with E-state index in [0.717, 1.165) is 17.5 Å². The standard InChI is InChI=1S/C18H18F2N4O2/c1-8-4-5-12(26-3)9(2)13(8)14-15(21)10(17(22)25)6-11-16(14)23-7-24(11)18(19)20/h4-7,18H,21H2,1-3H3,(H2,22,25). The lowest BCUT2D eigenvalue weighted by molar-refractivity contribution is 0.0745. The van der Waals surface area contributed by atoms with Crippen LogP contribution >= 0.6 is 0 Å². The zero-order chi connectivity index (χ0) is 19.2. The van der Waals surface area contributed by atoms with Crippen molar-refractivity contribution in [2.45, 2.75) is 20.4 Å². The number of fused-ring (bicyclic) bond motifs is 1. The normalized spacial score (nSPS) is 11.3. The quantitative estimate of drug-likeness (QED) is 0.697. The number of amides is 1. The Morgan fingerprint density at radius 2 is 1.96 bits per heavy atom. The number of benzene rings is 2. The van der Waals surface area contributed by atoms with Gasteiger partial charge in [-0.25, -0.2) is 4.98 Å². The van der Waals surface area contributed by atoms with Crippen LogP contribution in [0.3, 0.4) is 0 Å². The molecule has 0 atom stereocenters. The molecule has 8 heteroatoms. The van der Waals surface area contributed by atoms with Crippen molar-refractivity contribution in [2.24, 2.45) is 5.73 Å². The number of aromatic nitrogens is 2. The second kappa shape index (κ2) is 6.29. The first-order chi connectivity index (χ1) is 12.3. The van der Waals surface area contributed by atoms with Crippen LogP contribution in [0.25, 0.3) is 22.2 Å². The van der Waals surface area contributed by atoms with Gasteiger partial charge in [0, 0.05) is 5.56 Å². The number of rotatable bonds is 4. The predicted octanol–water partition coefficient (Wildman–Crippen LogP) is 3.40. The average Bonchev–Trinajstić information content (AvgIpc) is 3.00. The molecule has 3 rings (SSSR count). The van der Waals surface area contributed by atoms with E-state index in [0.29, 0.717) is 21.4 Å². The molecule has 2 aromatic carbocycles. The maximum atomic E-state index is 13.3. The highest BCUT2D eigenvalue weighted by atomic mass is 19.3. The Morgan fingerprint density at radius 3 is 2.54 bits per heavy atom. The van der Waals surface area contributed by atoms with Gasteiger partial charge in [-0.2, -0.15) is 8.78 Å². The zero-order valence-corrected chi connectivity index (χ0v) is 14.5. The fourth-order valence-electron chi connectivity index (χ4n) is 3.23. The molecule has 0 aliphatic rings. The monoisotopic (exact) mass is 360 g/mol. The number of aryl methyl sites for hydroxylation is 1. The van der Waals surface area contributed by atoms with Crippen molar-refractivity contribution in [1.82, 2.24) is 9.55 Å². The van der Waals surface area contributed by atoms with E-state index in [1.165, 1.54) is 13.2 Å². The summed E-state index contributed by atoms with van der Waals surface area (Å²) in [5, 5.41) is 0. The Labute approximate surface area is 148 Å². The molecule has 1 aromatic heterocycles. The molecule has 0 radical (unpaired) electrons. The van der Waals surface area contributed by atoms with Crippen molar-refractivity contribution in [2.75, 3.05) is 12.8 Å². The molecule has 0 bridgehead atoms. The lowest BCUT2D eigenvalue weighted by Gasteiger charge is -2.18. The van der Waals surface area contributed by atoms with E-state index in [9.17, 15) is 13.6 Å². The van der Waals surface area contributed by atoms with Crippen LogP contribution in [0.2, 0.25) is 0 Å². The molecule has 136 valence electrons. The number of hydrogen-bond donors (Lipinski definition) is 2. The van der Waals surface area contributed by atoms with Gasteiger partial charge in [0.1, 0.15) is 12.1 Å². The maximum Gasteiger partial charge on any atom is 0.320 e. The van der Waals surface area contributed by atoms with Gasteiger partial charge >= 0.3 is 6.55 Å². The van der Waals surface area contributed by atoms with Gasteiger partial charge in [0.05, 0.1) is 29.4 Å². The molecule has 1 amide bonds. The van der Waals surface area contributed by atoms with Crippen molar-refractivity contribution >= 4 is 22.6 Å². The number of anilines is 1. The number of halogens is 2. The summed E-state index contributed by atoms with van der Waals surface area (Å²) in [7, 11) is 1.53. The number of carbonyl (C=O) groups excluding carboxylic acids is 1. The van der Waals surface area contributed by atoms with Crippen LogP contribution < -0.4 is 16.2 Å². The molecule has 0 spiro atoms. The van der Waals surface area contributed by atoms with Crippen LogP contribution in [0.5, 0.6) is 5.75 Å². The van der Waals surface area contributed by atoms with Crippen LogP contribution in [-0.4, -0.2) is 22.6 Å². The fourth-order valence-corrected chi connectivity index (χ4v) is 3.23. The number of nitrogen functional groups attached to an aromatic ring is 1. The number of nitrogens with zero attached hydrogens (tertiary/aromatic N) is 2. The third kappa shape index (κ3) is 2.54. The number of primary amides is 1. The van der Waals surface area contributed by atoms with Gasteiger partial charge in [-0.05, 0) is 42.7 Å². The number of carbonyl (C=O) groups is 1. The number of methoxy groups -OCH3 is 1. The molecule has 26 heavy (non-hydrogen) atoms. The van der Waals surface area contributed by atoms with Crippen molar-refractivity contribution in [3.05, 3.63) is 41.2 Å². The van der Waals surface area contributed by atoms with Crippen LogP contribution in [-0.2, 0) is 0 Å². The molecule has 0 aliphatic carbocycles. The summed E-state index contributed by atoms with van der Waals surface area (Å²) in [4.78, 5) is 16.0. The molecular formula is C18H18F2N4O2. The minimum atomic E-state index is -2.82. The molecule has 1 heterocycles. The Bertz CT molecular complexity index is 1030. The van der Waals surface area contributed by atoms with Crippen molar-refractivity contribution < 1.29 is 18.3 Å². The topological polar surface area (TPSA) is 96.2 Å². The van der Waals surface area contributed by atoms with Gasteiger partial charge in [-0.1, -0.05) is 6.07 Å². The van der Waals surface area contributed by atoms with Crippen LogP contribution in [0.1, 0.15) is 28.0 Å². The smallest absolute Gasteiger partial charge is 0.320 e. The van der Waals surface area contributed by atoms with Gasteiger partial charge in [0.25, 0.3) is 5.91 Å². The van der Waals surface area contributed by atoms with E-state index < -0.39 is 12.5 Å². The largest absolute Gasteiger partial charge is 0.496 e. The molecule has 0 saturated heterocycles. The SMILES string of the molecule is COc1ccc(C)c(-c2c(N)c(C(N)=O)cc3c2ncn3C(F)F)c1C. The van der Waals surface area contributed by atoms with E-state index in [1.807, 2.05) is 19.9 Å². The summed E-state index contributed by atoms with van der Waals surface area (Å²) in [6.45, 7) is 0.867. The van der Waals surface area contributed by atoms with Crippen molar-refractivity contribution in [3.8, 4) is 16.9 Å². The fraction of sp³-hybridized carbons (Fsp3) is 0.222. The van der Waals surface area contributed by atoms with Gasteiger partial charge in [-0.3, -0.25) is 9.36 Å². The van der Waals surface area contributed by atoms with Gasteiger partial charge in [-0.15, -0.1) is 0 Å². The number of hydrogen-bond acceptors (Lipinski definition) is 4. The first-order valence-electron chi connectivity index (χ1n) is 7.79. The second-order valence-electron chi connectivity index (χ2n) is 5.96. The van der Waals surface area contributed by atoms with Gasteiger partial charge in [0.15, 0.2) is 0 Å². The third-order valence-electron chi connectivity index (χ3n) is 4.48. The molecule has 0 unspecified atom stereocenters. The lowest BCUT2D eigenvalue weighted by atomic mass is 9.91. The van der Waals surface area contributed by atoms with Crippen molar-refractivity contribution in [3.63, 3.8) is 0 Å². The second-order valence-corrected chi connectivity index (χ2v) is 5.96. The maximum absolute atomic E-state index is 13.3. The first-order valence-corrected chi connectivity index (χ1v) is 7.79. The summed E-state index contributed by atoms with van der Waals surface area (Å²) in [6, 6.07) is 4.88. The third-order valence-corrected chi connectivity index (χ3v) is 4.48. The van der Waals surface area contributed by atoms with E-state index >= 15 is 0 Å². The molecule has 0 aliphatic heterocycles. The summed E-state index contributed by atoms with van der Waals surface area (Å²) in [5.41, 5.74) is 14.7. The van der Waals surface area contributed by atoms with E-state index in [-0.39, 0.29) is 22.3 Å². The highest BCUT2D eigenvalue weighted by Gasteiger charge is 2.24. The molecule has 6 nitrogen and oxygen atoms in total. The Morgan fingerprint density at radius 1 is 1.27 bits per heavy atom. The first kappa shape index (κ1) is 17.7. The number of ether oxygens (including phenoxy) is 1. The molecular weight excluding hydrogens is 342 g/mol. The van der Waals surface area contributed by atoms with Crippen LogP contribution in [0, 0.1) is 13.8 Å². The van der Waals surface area contributed by atoms with E-state index in [1.54, 1.807) is 6.07 Å². The molecule has 0 fully saturated rings. The minimum absolute atomic E-state index is 0.0310. The molecule has 4 N–H and O–H groups in total. The van der Waals surface area contributed by atoms with E-state index in [2.05, 4.69) is 4.98 Å². The summed E-state index contributed by atoms with van der Waals surface area (Å²) >= 11 is 0. The number of imidazole rings is 1. The van der Waals surface area contributed by atoms with Crippen LogP contribution in [0.4, 0.5) is 14.5 Å². The van der Waals surface area contributed by atoms with Crippen molar-refractivity contribution in [1.29, 1.82) is 0 Å². The average molecular weight is 360 g/mol. The lowest BCUT2D eigenvalue weighted by Crippen LogP contribution is -2.15. The predicted molar refractivity (Wildman–Crippen MR) is 95.4 cm³/mol. The van der Waals surface area contributed by atoms with E-state index in [4.69, 9.17) is 16.2 Å².